The van der Waals surface area contributed by atoms with Gasteiger partial charge in [-0.15, -0.1) is 0 Å². The van der Waals surface area contributed by atoms with Crippen LogP contribution in [0.4, 0.5) is 0 Å². The monoisotopic (exact) mass is 420 g/mol. The van der Waals surface area contributed by atoms with Gasteiger partial charge in [0, 0.05) is 6.08 Å². The summed E-state index contributed by atoms with van der Waals surface area (Å²) in [4.78, 5) is 24.5. The summed E-state index contributed by atoms with van der Waals surface area (Å²) in [5, 5.41) is 12.5. The van der Waals surface area contributed by atoms with Crippen LogP contribution in [0.3, 0.4) is 0 Å². The molecule has 1 amide bonds. The van der Waals surface area contributed by atoms with Gasteiger partial charge in [0.15, 0.2) is 17.6 Å². The predicted octanol–water partition coefficient (Wildman–Crippen LogP) is 3.64. The molecule has 1 aromatic carbocycles. The van der Waals surface area contributed by atoms with E-state index in [1.165, 1.54) is 33.3 Å². The molecule has 0 saturated heterocycles. The molecule has 1 saturated carbocycles. The van der Waals surface area contributed by atoms with E-state index in [2.05, 4.69) is 11.4 Å². The van der Waals surface area contributed by atoms with Crippen LogP contribution in [0.5, 0.6) is 11.5 Å². The minimum Gasteiger partial charge on any atom is -0.493 e. The summed E-state index contributed by atoms with van der Waals surface area (Å²) in [6.07, 6.45) is 5.71. The van der Waals surface area contributed by atoms with Crippen molar-refractivity contribution in [1.29, 1.82) is 5.26 Å². The smallest absolute Gasteiger partial charge is 0.331 e. The first-order valence-electron chi connectivity index (χ1n) is 9.37. The fourth-order valence-electron chi connectivity index (χ4n) is 3.22. The predicted molar refractivity (Wildman–Crippen MR) is 109 cm³/mol. The number of methoxy groups -OCH3 is 2. The first-order chi connectivity index (χ1) is 13.8. The van der Waals surface area contributed by atoms with E-state index >= 15 is 0 Å². The Hall–Kier alpha value is -2.72. The third-order valence-electron chi connectivity index (χ3n) is 4.81. The Morgan fingerprint density at radius 3 is 2.52 bits per heavy atom. The largest absolute Gasteiger partial charge is 0.493 e. The molecule has 1 aliphatic carbocycles. The number of nitrogens with one attached hydrogen (secondary N) is 1. The van der Waals surface area contributed by atoms with Gasteiger partial charge >= 0.3 is 5.97 Å². The molecule has 0 spiro atoms. The Labute approximate surface area is 175 Å². The van der Waals surface area contributed by atoms with Crippen molar-refractivity contribution in [3.8, 4) is 17.6 Å². The van der Waals surface area contributed by atoms with Crippen LogP contribution in [0, 0.1) is 11.3 Å². The molecule has 0 radical (unpaired) electrons. The van der Waals surface area contributed by atoms with Gasteiger partial charge in [-0.05, 0) is 43.5 Å². The number of hydrogen-bond donors (Lipinski definition) is 1. The molecule has 0 aliphatic heterocycles. The summed E-state index contributed by atoms with van der Waals surface area (Å²) < 4.78 is 15.5. The average molecular weight is 421 g/mol. The van der Waals surface area contributed by atoms with Gasteiger partial charge in [0.2, 0.25) is 0 Å². The number of nitriles is 1. The van der Waals surface area contributed by atoms with E-state index in [0.29, 0.717) is 34.9 Å². The highest BCUT2D eigenvalue weighted by Gasteiger charge is 2.35. The maximum atomic E-state index is 12.4. The Bertz CT molecular complexity index is 825. The lowest BCUT2D eigenvalue weighted by atomic mass is 9.83. The van der Waals surface area contributed by atoms with Crippen LogP contribution in [0.1, 0.15) is 44.6 Å². The fraction of sp³-hybridized carbons (Fsp3) is 0.476. The number of amides is 1. The maximum absolute atomic E-state index is 12.4. The summed E-state index contributed by atoms with van der Waals surface area (Å²) in [6.45, 7) is 1.47. The Morgan fingerprint density at radius 2 is 1.93 bits per heavy atom. The third kappa shape index (κ3) is 5.88. The van der Waals surface area contributed by atoms with E-state index in [-0.39, 0.29) is 0 Å². The second-order valence-electron chi connectivity index (χ2n) is 6.89. The molecular formula is C21H25ClN2O5. The van der Waals surface area contributed by atoms with Crippen molar-refractivity contribution in [3.63, 3.8) is 0 Å². The van der Waals surface area contributed by atoms with Crippen LogP contribution < -0.4 is 14.8 Å². The van der Waals surface area contributed by atoms with E-state index in [0.717, 1.165) is 19.3 Å². The number of hydrogen-bond acceptors (Lipinski definition) is 6. The van der Waals surface area contributed by atoms with Crippen LogP contribution in [0.15, 0.2) is 18.2 Å². The highest BCUT2D eigenvalue weighted by molar-refractivity contribution is 6.32. The van der Waals surface area contributed by atoms with Gasteiger partial charge in [-0.25, -0.2) is 4.79 Å². The molecular weight excluding hydrogens is 396 g/mol. The SMILES string of the molecule is COc1cc(/C=C/C(=O)O[C@@H](C)C(=O)NC2(C#N)CCCCC2)cc(Cl)c1OC. The summed E-state index contributed by atoms with van der Waals surface area (Å²) in [6, 6.07) is 5.48. The van der Waals surface area contributed by atoms with E-state index in [1.54, 1.807) is 12.1 Å². The van der Waals surface area contributed by atoms with Crippen LogP contribution in [-0.2, 0) is 14.3 Å². The quantitative estimate of drug-likeness (QED) is 0.534. The molecule has 7 nitrogen and oxygen atoms in total. The number of rotatable bonds is 7. The number of carbonyl (C=O) groups excluding carboxylic acids is 2. The average Bonchev–Trinajstić information content (AvgIpc) is 2.72. The van der Waals surface area contributed by atoms with Crippen LogP contribution in [-0.4, -0.2) is 37.7 Å². The van der Waals surface area contributed by atoms with Crippen molar-refractivity contribution in [1.82, 2.24) is 5.32 Å². The van der Waals surface area contributed by atoms with E-state index < -0.39 is 23.5 Å². The standard InChI is InChI=1S/C21H25ClN2O5/c1-14(20(26)24-21(13-23)9-5-4-6-10-21)29-18(25)8-7-15-11-16(22)19(28-3)17(12-15)27-2/h7-8,11-12,14H,4-6,9-10H2,1-3H3,(H,24,26)/b8-7+/t14-/m0/s1. The van der Waals surface area contributed by atoms with Crippen LogP contribution in [0.2, 0.25) is 5.02 Å². The minimum atomic E-state index is -1.02. The summed E-state index contributed by atoms with van der Waals surface area (Å²) in [7, 11) is 2.96. The highest BCUT2D eigenvalue weighted by Crippen LogP contribution is 2.36. The van der Waals surface area contributed by atoms with Crippen LogP contribution in [0.25, 0.3) is 6.08 Å². The second-order valence-corrected chi connectivity index (χ2v) is 7.30. The second kappa shape index (κ2) is 10.2. The molecule has 8 heteroatoms. The first-order valence-corrected chi connectivity index (χ1v) is 9.75. The molecule has 1 N–H and O–H groups in total. The van der Waals surface area contributed by atoms with Crippen molar-refractivity contribution < 1.29 is 23.8 Å². The van der Waals surface area contributed by atoms with Crippen molar-refractivity contribution >= 4 is 29.6 Å². The molecule has 1 fully saturated rings. The third-order valence-corrected chi connectivity index (χ3v) is 5.09. The zero-order valence-electron chi connectivity index (χ0n) is 16.8. The van der Waals surface area contributed by atoms with Gasteiger partial charge in [0.25, 0.3) is 5.91 Å². The lowest BCUT2D eigenvalue weighted by Gasteiger charge is -2.32. The van der Waals surface area contributed by atoms with Gasteiger partial charge < -0.3 is 19.5 Å². The Kier molecular flexibility index (Phi) is 7.91. The normalized spacial score (nSPS) is 16.5. The van der Waals surface area contributed by atoms with Gasteiger partial charge in [0.05, 0.1) is 25.3 Å². The molecule has 1 aliphatic rings. The fourth-order valence-corrected chi connectivity index (χ4v) is 3.52. The van der Waals surface area contributed by atoms with E-state index in [1.807, 2.05) is 0 Å². The highest BCUT2D eigenvalue weighted by atomic mass is 35.5. The maximum Gasteiger partial charge on any atom is 0.331 e. The van der Waals surface area contributed by atoms with Gasteiger partial charge in [-0.2, -0.15) is 5.26 Å². The van der Waals surface area contributed by atoms with Gasteiger partial charge in [-0.3, -0.25) is 4.79 Å². The molecule has 0 heterocycles. The Morgan fingerprint density at radius 1 is 1.24 bits per heavy atom. The van der Waals surface area contributed by atoms with Gasteiger partial charge in [0.1, 0.15) is 5.54 Å². The zero-order valence-corrected chi connectivity index (χ0v) is 17.5. The first kappa shape index (κ1) is 22.6. The molecule has 29 heavy (non-hydrogen) atoms. The number of nitrogens with zero attached hydrogens (tertiary/aromatic N) is 1. The Balaban J connectivity index is 1.98. The van der Waals surface area contributed by atoms with E-state index in [4.69, 9.17) is 25.8 Å². The van der Waals surface area contributed by atoms with Crippen molar-refractivity contribution in [2.75, 3.05) is 14.2 Å². The van der Waals surface area contributed by atoms with Crippen molar-refractivity contribution in [3.05, 3.63) is 28.8 Å². The number of benzene rings is 1. The molecule has 1 aromatic rings. The van der Waals surface area contributed by atoms with E-state index in [9.17, 15) is 14.9 Å². The number of ether oxygens (including phenoxy) is 3. The number of esters is 1. The molecule has 156 valence electrons. The minimum absolute atomic E-state index is 0.335. The van der Waals surface area contributed by atoms with Gasteiger partial charge in [-0.1, -0.05) is 30.9 Å². The lowest BCUT2D eigenvalue weighted by molar-refractivity contribution is -0.150. The molecule has 2 rings (SSSR count). The lowest BCUT2D eigenvalue weighted by Crippen LogP contribution is -2.52. The molecule has 0 unspecified atom stereocenters. The molecule has 0 bridgehead atoms. The molecule has 0 aromatic heterocycles. The van der Waals surface area contributed by atoms with Crippen molar-refractivity contribution in [2.45, 2.75) is 50.7 Å². The summed E-state index contributed by atoms with van der Waals surface area (Å²) in [5.74, 6) is -0.346. The topological polar surface area (TPSA) is 97.6 Å². The summed E-state index contributed by atoms with van der Waals surface area (Å²) in [5.41, 5.74) is -0.269. The summed E-state index contributed by atoms with van der Waals surface area (Å²) >= 11 is 6.14. The van der Waals surface area contributed by atoms with Crippen molar-refractivity contribution in [2.24, 2.45) is 0 Å². The zero-order chi connectivity index (χ0) is 21.4. The molecule has 1 atom stereocenters. The number of carbonyl (C=O) groups is 2. The van der Waals surface area contributed by atoms with Crippen LogP contribution >= 0.6 is 11.6 Å². The number of halogens is 1.